The Kier molecular flexibility index (Phi) is 4.99. The maximum Gasteiger partial charge on any atom is 0.214 e. The standard InChI is InChI=1S/C22H15Cl2NO3S/c1-14-6-8-15(9-7-14)22(26)21-13-25(16-10-11-17(23)18(24)12-16)19-4-2-3-5-20(19)29(21,27)28/h2-13H,1H3. The molecule has 0 bridgehead atoms. The largest absolute Gasteiger partial charge is 0.314 e. The summed E-state index contributed by atoms with van der Waals surface area (Å²) in [4.78, 5) is 14.5. The number of rotatable bonds is 3. The molecule has 0 unspecified atom stereocenters. The molecule has 0 radical (unpaired) electrons. The van der Waals surface area contributed by atoms with E-state index < -0.39 is 15.6 Å². The molecule has 4 rings (SSSR count). The molecule has 0 saturated heterocycles. The Labute approximate surface area is 178 Å². The maximum absolute atomic E-state index is 13.2. The van der Waals surface area contributed by atoms with Gasteiger partial charge in [0.1, 0.15) is 4.91 Å². The number of carbonyl (C=O) groups excluding carboxylic acids is 1. The van der Waals surface area contributed by atoms with E-state index in [-0.39, 0.29) is 9.80 Å². The van der Waals surface area contributed by atoms with Crippen molar-refractivity contribution in [2.24, 2.45) is 0 Å². The first-order valence-corrected chi connectivity index (χ1v) is 10.9. The molecule has 1 heterocycles. The topological polar surface area (TPSA) is 54.5 Å². The van der Waals surface area contributed by atoms with Crippen molar-refractivity contribution in [2.75, 3.05) is 4.90 Å². The van der Waals surface area contributed by atoms with Crippen LogP contribution in [-0.2, 0) is 9.84 Å². The molecule has 29 heavy (non-hydrogen) atoms. The second-order valence-corrected chi connectivity index (χ2v) is 9.33. The number of hydrogen-bond acceptors (Lipinski definition) is 4. The minimum absolute atomic E-state index is 0.0593. The summed E-state index contributed by atoms with van der Waals surface area (Å²) < 4.78 is 26.4. The zero-order chi connectivity index (χ0) is 20.8. The number of aryl methyl sites for hydroxylation is 1. The molecule has 1 aliphatic rings. The summed E-state index contributed by atoms with van der Waals surface area (Å²) in [5, 5.41) is 0.711. The molecule has 3 aromatic carbocycles. The number of para-hydroxylation sites is 1. The van der Waals surface area contributed by atoms with E-state index in [0.29, 0.717) is 27.0 Å². The second-order valence-electron chi connectivity index (χ2n) is 6.63. The van der Waals surface area contributed by atoms with Crippen LogP contribution in [0.1, 0.15) is 15.9 Å². The lowest BCUT2D eigenvalue weighted by Crippen LogP contribution is -2.25. The van der Waals surface area contributed by atoms with Crippen LogP contribution in [0.3, 0.4) is 0 Å². The molecule has 0 aliphatic carbocycles. The Balaban J connectivity index is 1.92. The van der Waals surface area contributed by atoms with Crippen LogP contribution in [0.25, 0.3) is 0 Å². The molecule has 7 heteroatoms. The maximum atomic E-state index is 13.2. The molecular formula is C22H15Cl2NO3S. The van der Waals surface area contributed by atoms with E-state index in [4.69, 9.17) is 23.2 Å². The van der Waals surface area contributed by atoms with Crippen molar-refractivity contribution in [3.8, 4) is 0 Å². The Morgan fingerprint density at radius 3 is 2.28 bits per heavy atom. The van der Waals surface area contributed by atoms with Crippen molar-refractivity contribution in [2.45, 2.75) is 11.8 Å². The first-order chi connectivity index (χ1) is 13.8. The highest BCUT2D eigenvalue weighted by atomic mass is 35.5. The highest BCUT2D eigenvalue weighted by molar-refractivity contribution is 7.96. The van der Waals surface area contributed by atoms with Crippen molar-refractivity contribution in [3.05, 3.63) is 99.0 Å². The molecule has 0 N–H and O–H groups in total. The van der Waals surface area contributed by atoms with Crippen LogP contribution in [0.2, 0.25) is 10.0 Å². The van der Waals surface area contributed by atoms with E-state index in [2.05, 4.69) is 0 Å². The number of sulfone groups is 1. The lowest BCUT2D eigenvalue weighted by molar-refractivity contribution is 0.104. The summed E-state index contributed by atoms with van der Waals surface area (Å²) in [6.07, 6.45) is 1.35. The highest BCUT2D eigenvalue weighted by Gasteiger charge is 2.36. The summed E-state index contributed by atoms with van der Waals surface area (Å²) in [5.41, 5.74) is 2.31. The van der Waals surface area contributed by atoms with E-state index in [0.717, 1.165) is 5.56 Å². The summed E-state index contributed by atoms with van der Waals surface area (Å²) in [6.45, 7) is 1.90. The Morgan fingerprint density at radius 1 is 0.897 bits per heavy atom. The molecular weight excluding hydrogens is 429 g/mol. The number of anilines is 2. The fraction of sp³-hybridized carbons (Fsp3) is 0.0455. The van der Waals surface area contributed by atoms with E-state index in [1.165, 1.54) is 12.3 Å². The van der Waals surface area contributed by atoms with Gasteiger partial charge in [0.2, 0.25) is 15.6 Å². The van der Waals surface area contributed by atoms with E-state index in [1.54, 1.807) is 65.6 Å². The predicted octanol–water partition coefficient (Wildman–Crippen LogP) is 5.95. The molecule has 3 aromatic rings. The van der Waals surface area contributed by atoms with Crippen LogP contribution in [0.5, 0.6) is 0 Å². The predicted molar refractivity (Wildman–Crippen MR) is 116 cm³/mol. The minimum atomic E-state index is -3.99. The van der Waals surface area contributed by atoms with Gasteiger partial charge in [-0.25, -0.2) is 8.42 Å². The number of fused-ring (bicyclic) bond motifs is 1. The number of hydrogen-bond donors (Lipinski definition) is 0. The van der Waals surface area contributed by atoms with E-state index in [9.17, 15) is 13.2 Å². The van der Waals surface area contributed by atoms with Crippen molar-refractivity contribution in [1.82, 2.24) is 0 Å². The van der Waals surface area contributed by atoms with Crippen molar-refractivity contribution < 1.29 is 13.2 Å². The number of allylic oxidation sites excluding steroid dienone is 1. The molecule has 0 spiro atoms. The molecule has 0 atom stereocenters. The SMILES string of the molecule is Cc1ccc(C(=O)C2=CN(c3ccc(Cl)c(Cl)c3)c3ccccc3S2(=O)=O)cc1. The average Bonchev–Trinajstić information content (AvgIpc) is 2.70. The van der Waals surface area contributed by atoms with Crippen molar-refractivity contribution in [3.63, 3.8) is 0 Å². The van der Waals surface area contributed by atoms with Gasteiger partial charge >= 0.3 is 0 Å². The highest BCUT2D eigenvalue weighted by Crippen LogP contribution is 2.41. The third-order valence-corrected chi connectivity index (χ3v) is 7.20. The lowest BCUT2D eigenvalue weighted by Gasteiger charge is -2.29. The summed E-state index contributed by atoms with van der Waals surface area (Å²) in [7, 11) is -3.99. The van der Waals surface area contributed by atoms with Gasteiger partial charge in [-0.05, 0) is 37.3 Å². The molecule has 1 aliphatic heterocycles. The van der Waals surface area contributed by atoms with Crippen molar-refractivity contribution >= 4 is 50.2 Å². The van der Waals surface area contributed by atoms with Gasteiger partial charge in [0.15, 0.2) is 0 Å². The first kappa shape index (κ1) is 19.7. The average molecular weight is 444 g/mol. The first-order valence-electron chi connectivity index (χ1n) is 8.70. The molecule has 0 saturated carbocycles. The van der Waals surface area contributed by atoms with Gasteiger partial charge in [0.25, 0.3) is 0 Å². The van der Waals surface area contributed by atoms with E-state index in [1.807, 2.05) is 6.92 Å². The van der Waals surface area contributed by atoms with Gasteiger partial charge in [0, 0.05) is 17.5 Å². The monoisotopic (exact) mass is 443 g/mol. The Bertz CT molecular complexity index is 1270. The molecule has 0 amide bonds. The van der Waals surface area contributed by atoms with Crippen LogP contribution in [0.4, 0.5) is 11.4 Å². The third kappa shape index (κ3) is 3.46. The molecule has 146 valence electrons. The van der Waals surface area contributed by atoms with Crippen LogP contribution in [-0.4, -0.2) is 14.2 Å². The van der Waals surface area contributed by atoms with Gasteiger partial charge in [-0.2, -0.15) is 0 Å². The van der Waals surface area contributed by atoms with Crippen LogP contribution < -0.4 is 4.90 Å². The lowest BCUT2D eigenvalue weighted by atomic mass is 10.1. The van der Waals surface area contributed by atoms with Crippen LogP contribution >= 0.6 is 23.2 Å². The smallest absolute Gasteiger partial charge is 0.214 e. The molecule has 0 aromatic heterocycles. The quantitative estimate of drug-likeness (QED) is 0.469. The summed E-state index contributed by atoms with van der Waals surface area (Å²) in [5.74, 6) is -0.565. The van der Waals surface area contributed by atoms with Crippen molar-refractivity contribution in [1.29, 1.82) is 0 Å². The zero-order valence-corrected chi connectivity index (χ0v) is 17.6. The summed E-state index contributed by atoms with van der Waals surface area (Å²) >= 11 is 12.2. The normalized spacial score (nSPS) is 14.9. The van der Waals surface area contributed by atoms with Crippen LogP contribution in [0, 0.1) is 6.92 Å². The Hall–Kier alpha value is -2.60. The second kappa shape index (κ2) is 7.34. The van der Waals surface area contributed by atoms with Gasteiger partial charge < -0.3 is 4.90 Å². The van der Waals surface area contributed by atoms with Gasteiger partial charge in [-0.15, -0.1) is 0 Å². The minimum Gasteiger partial charge on any atom is -0.314 e. The van der Waals surface area contributed by atoms with Gasteiger partial charge in [0.05, 0.1) is 20.6 Å². The number of nitrogens with zero attached hydrogens (tertiary/aromatic N) is 1. The Morgan fingerprint density at radius 2 is 1.59 bits per heavy atom. The number of ketones is 1. The van der Waals surface area contributed by atoms with Gasteiger partial charge in [-0.3, -0.25) is 4.79 Å². The molecule has 0 fully saturated rings. The van der Waals surface area contributed by atoms with Crippen LogP contribution in [0.15, 0.2) is 82.7 Å². The molecule has 4 nitrogen and oxygen atoms in total. The number of Topliss-reactive ketones (excluding diaryl/α,β-unsaturated/α-hetero) is 1. The fourth-order valence-electron chi connectivity index (χ4n) is 3.13. The van der Waals surface area contributed by atoms with Gasteiger partial charge in [-0.1, -0.05) is 65.2 Å². The number of carbonyl (C=O) groups is 1. The fourth-order valence-corrected chi connectivity index (χ4v) is 4.97. The third-order valence-electron chi connectivity index (χ3n) is 4.67. The number of halogens is 2. The zero-order valence-electron chi connectivity index (χ0n) is 15.3. The summed E-state index contributed by atoms with van der Waals surface area (Å²) in [6, 6.07) is 18.3. The number of benzene rings is 3. The van der Waals surface area contributed by atoms with E-state index >= 15 is 0 Å².